The molecule has 1 saturated carbocycles. The number of nitrogens with zero attached hydrogens (tertiary/aromatic N) is 1. The van der Waals surface area contributed by atoms with Crippen LogP contribution in [0.5, 0.6) is 0 Å². The molecule has 0 aromatic carbocycles. The fraction of sp³-hybridized carbons (Fsp3) is 0.400. The van der Waals surface area contributed by atoms with Gasteiger partial charge in [-0.3, -0.25) is 9.69 Å². The number of hydrogen-bond acceptors (Lipinski definition) is 3. The summed E-state index contributed by atoms with van der Waals surface area (Å²) in [5.41, 5.74) is 0. The third kappa shape index (κ3) is 1.34. The minimum absolute atomic E-state index is 0.0926. The maximum Gasteiger partial charge on any atom is 0.325 e. The summed E-state index contributed by atoms with van der Waals surface area (Å²) < 4.78 is 0. The molecule has 1 atom stereocenters. The van der Waals surface area contributed by atoms with Gasteiger partial charge in [0.25, 0.3) is 5.91 Å². The predicted octanol–water partition coefficient (Wildman–Crippen LogP) is 1.50. The highest BCUT2D eigenvalue weighted by molar-refractivity contribution is 7.10. The van der Waals surface area contributed by atoms with Gasteiger partial charge >= 0.3 is 6.03 Å². The molecular weight excluding hydrogens is 212 g/mol. The summed E-state index contributed by atoms with van der Waals surface area (Å²) in [6.45, 7) is 0. The molecule has 2 aliphatic rings. The van der Waals surface area contributed by atoms with E-state index in [4.69, 9.17) is 0 Å². The molecule has 4 nitrogen and oxygen atoms in total. The zero-order valence-electron chi connectivity index (χ0n) is 7.97. The normalized spacial score (nSPS) is 25.9. The largest absolute Gasteiger partial charge is 0.325 e. The van der Waals surface area contributed by atoms with Crippen molar-refractivity contribution in [3.63, 3.8) is 0 Å². The summed E-state index contributed by atoms with van der Waals surface area (Å²) in [5.74, 6) is -0.0926. The standard InChI is InChI=1S/C10H10N2O2S/c13-9-8(7-2-1-5-15-7)11-10(14)12(9)6-3-4-6/h1-2,5-6,8H,3-4H2,(H,11,14). The fourth-order valence-electron chi connectivity index (χ4n) is 1.82. The summed E-state index contributed by atoms with van der Waals surface area (Å²) in [6, 6.07) is 3.24. The van der Waals surface area contributed by atoms with E-state index >= 15 is 0 Å². The van der Waals surface area contributed by atoms with Gasteiger partial charge in [-0.2, -0.15) is 0 Å². The molecule has 3 amide bonds. The molecule has 1 aliphatic heterocycles. The lowest BCUT2D eigenvalue weighted by Gasteiger charge is -2.10. The van der Waals surface area contributed by atoms with Crippen molar-refractivity contribution in [3.05, 3.63) is 22.4 Å². The molecule has 0 spiro atoms. The van der Waals surface area contributed by atoms with E-state index in [0.717, 1.165) is 17.7 Å². The maximum atomic E-state index is 11.9. The van der Waals surface area contributed by atoms with Crippen LogP contribution in [0.3, 0.4) is 0 Å². The lowest BCUT2D eigenvalue weighted by atomic mass is 10.2. The Morgan fingerprint density at radius 2 is 2.20 bits per heavy atom. The highest BCUT2D eigenvalue weighted by Gasteiger charge is 2.46. The Balaban J connectivity index is 1.88. The van der Waals surface area contributed by atoms with Gasteiger partial charge in [0.2, 0.25) is 0 Å². The molecule has 3 rings (SSSR count). The molecule has 0 radical (unpaired) electrons. The van der Waals surface area contributed by atoms with Gasteiger partial charge in [0, 0.05) is 10.9 Å². The Labute approximate surface area is 90.9 Å². The molecular formula is C10H10N2O2S. The monoisotopic (exact) mass is 222 g/mol. The molecule has 1 aromatic rings. The van der Waals surface area contributed by atoms with Gasteiger partial charge in [-0.25, -0.2) is 4.79 Å². The number of imide groups is 1. The first-order valence-electron chi connectivity index (χ1n) is 4.94. The molecule has 1 N–H and O–H groups in total. The minimum Gasteiger partial charge on any atom is -0.321 e. The van der Waals surface area contributed by atoms with Crippen molar-refractivity contribution in [2.45, 2.75) is 24.9 Å². The van der Waals surface area contributed by atoms with Gasteiger partial charge in [-0.05, 0) is 24.3 Å². The summed E-state index contributed by atoms with van der Waals surface area (Å²) in [7, 11) is 0. The van der Waals surface area contributed by atoms with Crippen molar-refractivity contribution in [2.24, 2.45) is 0 Å². The Morgan fingerprint density at radius 3 is 2.80 bits per heavy atom. The average Bonchev–Trinajstić information content (AvgIpc) is 2.79. The predicted molar refractivity (Wildman–Crippen MR) is 55.5 cm³/mol. The molecule has 5 heteroatoms. The number of carbonyl (C=O) groups is 2. The molecule has 2 heterocycles. The van der Waals surface area contributed by atoms with Gasteiger partial charge in [0.1, 0.15) is 6.04 Å². The number of hydrogen-bond donors (Lipinski definition) is 1. The van der Waals surface area contributed by atoms with Crippen LogP contribution in [0.25, 0.3) is 0 Å². The SMILES string of the molecule is O=C1NC(c2cccs2)C(=O)N1C1CC1. The molecule has 1 unspecified atom stereocenters. The summed E-state index contributed by atoms with van der Waals surface area (Å²) in [5, 5.41) is 4.64. The van der Waals surface area contributed by atoms with Crippen LogP contribution in [0.4, 0.5) is 4.79 Å². The van der Waals surface area contributed by atoms with E-state index in [9.17, 15) is 9.59 Å². The van der Waals surface area contributed by atoms with Gasteiger partial charge in [0.05, 0.1) is 0 Å². The first-order chi connectivity index (χ1) is 7.27. The van der Waals surface area contributed by atoms with Crippen LogP contribution in [0, 0.1) is 0 Å². The van der Waals surface area contributed by atoms with Crippen molar-refractivity contribution >= 4 is 23.3 Å². The van der Waals surface area contributed by atoms with Crippen LogP contribution in [0.2, 0.25) is 0 Å². The molecule has 78 valence electrons. The third-order valence-corrected chi connectivity index (χ3v) is 3.65. The van der Waals surface area contributed by atoms with Crippen LogP contribution in [-0.2, 0) is 4.79 Å². The second-order valence-electron chi connectivity index (χ2n) is 3.84. The van der Waals surface area contributed by atoms with E-state index in [2.05, 4.69) is 5.32 Å². The molecule has 1 aliphatic carbocycles. The highest BCUT2D eigenvalue weighted by Crippen LogP contribution is 2.34. The number of amides is 3. The van der Waals surface area contributed by atoms with E-state index in [0.29, 0.717) is 0 Å². The van der Waals surface area contributed by atoms with Gasteiger partial charge in [0.15, 0.2) is 0 Å². The summed E-state index contributed by atoms with van der Waals surface area (Å²) >= 11 is 1.50. The summed E-state index contributed by atoms with van der Waals surface area (Å²) in [4.78, 5) is 25.8. The van der Waals surface area contributed by atoms with Crippen LogP contribution >= 0.6 is 11.3 Å². The third-order valence-electron chi connectivity index (χ3n) is 2.71. The van der Waals surface area contributed by atoms with Crippen molar-refractivity contribution in [2.75, 3.05) is 0 Å². The molecule has 15 heavy (non-hydrogen) atoms. The van der Waals surface area contributed by atoms with E-state index in [-0.39, 0.29) is 18.0 Å². The molecule has 1 aromatic heterocycles. The van der Waals surface area contributed by atoms with Crippen LogP contribution in [-0.4, -0.2) is 22.9 Å². The average molecular weight is 222 g/mol. The highest BCUT2D eigenvalue weighted by atomic mass is 32.1. The zero-order valence-corrected chi connectivity index (χ0v) is 8.79. The molecule has 0 bridgehead atoms. The Morgan fingerprint density at radius 1 is 1.40 bits per heavy atom. The smallest absolute Gasteiger partial charge is 0.321 e. The van der Waals surface area contributed by atoms with E-state index in [1.807, 2.05) is 17.5 Å². The second-order valence-corrected chi connectivity index (χ2v) is 4.82. The van der Waals surface area contributed by atoms with E-state index in [1.165, 1.54) is 16.2 Å². The van der Waals surface area contributed by atoms with Gasteiger partial charge in [-0.1, -0.05) is 6.07 Å². The van der Waals surface area contributed by atoms with Crippen LogP contribution in [0.15, 0.2) is 17.5 Å². The quantitative estimate of drug-likeness (QED) is 0.771. The van der Waals surface area contributed by atoms with Crippen molar-refractivity contribution < 1.29 is 9.59 Å². The van der Waals surface area contributed by atoms with Crippen molar-refractivity contribution in [3.8, 4) is 0 Å². The van der Waals surface area contributed by atoms with Crippen molar-refractivity contribution in [1.29, 1.82) is 0 Å². The zero-order chi connectivity index (χ0) is 10.4. The Hall–Kier alpha value is -1.36. The first-order valence-corrected chi connectivity index (χ1v) is 5.82. The van der Waals surface area contributed by atoms with Crippen molar-refractivity contribution in [1.82, 2.24) is 10.2 Å². The molecule has 2 fully saturated rings. The maximum absolute atomic E-state index is 11.9. The van der Waals surface area contributed by atoms with Gasteiger partial charge in [-0.15, -0.1) is 11.3 Å². The number of rotatable bonds is 2. The fourth-order valence-corrected chi connectivity index (χ4v) is 2.59. The topological polar surface area (TPSA) is 49.4 Å². The second kappa shape index (κ2) is 3.06. The summed E-state index contributed by atoms with van der Waals surface area (Å²) in [6.07, 6.45) is 1.91. The van der Waals surface area contributed by atoms with E-state index in [1.54, 1.807) is 0 Å². The van der Waals surface area contributed by atoms with Gasteiger partial charge < -0.3 is 5.32 Å². The lowest BCUT2D eigenvalue weighted by molar-refractivity contribution is -0.127. The lowest BCUT2D eigenvalue weighted by Crippen LogP contribution is -2.32. The van der Waals surface area contributed by atoms with Crippen LogP contribution < -0.4 is 5.32 Å². The number of urea groups is 1. The number of nitrogens with one attached hydrogen (secondary N) is 1. The Kier molecular flexibility index (Phi) is 1.82. The minimum atomic E-state index is -0.446. The van der Waals surface area contributed by atoms with Crippen LogP contribution in [0.1, 0.15) is 23.8 Å². The molecule has 1 saturated heterocycles. The number of thiophene rings is 1. The first kappa shape index (κ1) is 8.91. The number of carbonyl (C=O) groups excluding carboxylic acids is 2. The van der Waals surface area contributed by atoms with E-state index < -0.39 is 6.04 Å². The Bertz CT molecular complexity index is 411.